The molecule has 1 rings (SSSR count). The van der Waals surface area contributed by atoms with Gasteiger partial charge in [0.15, 0.2) is 0 Å². The molecule has 0 aliphatic carbocycles. The minimum Gasteiger partial charge on any atom is -0.507 e. The van der Waals surface area contributed by atoms with E-state index in [1.54, 1.807) is 6.07 Å². The van der Waals surface area contributed by atoms with Crippen LogP contribution in [0.2, 0.25) is 0 Å². The topological polar surface area (TPSA) is 117 Å². The normalized spacial score (nSPS) is 13.5. The summed E-state index contributed by atoms with van der Waals surface area (Å²) in [6.45, 7) is 5.79. The number of rotatable bonds is 11. The van der Waals surface area contributed by atoms with Gasteiger partial charge < -0.3 is 31.3 Å². The Morgan fingerprint density at radius 2 is 1.83 bits per heavy atom. The number of ether oxygens (including phenoxy) is 1. The standard InChI is InChI=1S/C17H29N3O4/c1-3-13(10-21)19-7-8-20-14(4-2)11-24-17(23)15-6-5-12(18)9-16(15)22/h5-6,9,13-14,19-22H,3-4,7-8,10-11,18H2,1-2H3/t13-,14-/m0/s1. The van der Waals surface area contributed by atoms with E-state index >= 15 is 0 Å². The maximum Gasteiger partial charge on any atom is 0.341 e. The maximum atomic E-state index is 12.0. The van der Waals surface area contributed by atoms with Crippen LogP contribution in [0.3, 0.4) is 0 Å². The van der Waals surface area contributed by atoms with Gasteiger partial charge in [0, 0.05) is 36.9 Å². The number of benzene rings is 1. The highest BCUT2D eigenvalue weighted by molar-refractivity contribution is 5.92. The van der Waals surface area contributed by atoms with Gasteiger partial charge in [-0.05, 0) is 25.0 Å². The average Bonchev–Trinajstić information content (AvgIpc) is 2.57. The Labute approximate surface area is 143 Å². The summed E-state index contributed by atoms with van der Waals surface area (Å²) in [5, 5.41) is 25.4. The predicted molar refractivity (Wildman–Crippen MR) is 94.1 cm³/mol. The van der Waals surface area contributed by atoms with Crippen LogP contribution in [-0.4, -0.2) is 54.6 Å². The Hall–Kier alpha value is -1.83. The number of phenolic OH excluding ortho intramolecular Hbond substituents is 1. The van der Waals surface area contributed by atoms with Crippen molar-refractivity contribution in [2.45, 2.75) is 38.8 Å². The van der Waals surface area contributed by atoms with Gasteiger partial charge in [-0.3, -0.25) is 0 Å². The fourth-order valence-electron chi connectivity index (χ4n) is 2.19. The van der Waals surface area contributed by atoms with E-state index in [9.17, 15) is 9.90 Å². The van der Waals surface area contributed by atoms with Crippen molar-refractivity contribution in [1.29, 1.82) is 0 Å². The molecule has 0 saturated heterocycles. The van der Waals surface area contributed by atoms with Crippen LogP contribution in [0.5, 0.6) is 5.75 Å². The molecule has 0 heterocycles. The molecule has 0 aromatic heterocycles. The second-order valence-corrected chi connectivity index (χ2v) is 5.68. The second-order valence-electron chi connectivity index (χ2n) is 5.68. The number of esters is 1. The first-order chi connectivity index (χ1) is 11.5. The van der Waals surface area contributed by atoms with Crippen molar-refractivity contribution >= 4 is 11.7 Å². The van der Waals surface area contributed by atoms with Gasteiger partial charge in [-0.15, -0.1) is 0 Å². The molecule has 136 valence electrons. The zero-order valence-electron chi connectivity index (χ0n) is 14.4. The second kappa shape index (κ2) is 10.9. The number of nitrogens with two attached hydrogens (primary N) is 1. The van der Waals surface area contributed by atoms with Gasteiger partial charge in [0.1, 0.15) is 17.9 Å². The minimum absolute atomic E-state index is 0.0286. The molecule has 7 nitrogen and oxygen atoms in total. The van der Waals surface area contributed by atoms with Gasteiger partial charge in [0.25, 0.3) is 0 Å². The first-order valence-corrected chi connectivity index (χ1v) is 8.35. The number of phenols is 1. The zero-order valence-corrected chi connectivity index (χ0v) is 14.4. The van der Waals surface area contributed by atoms with Crippen molar-refractivity contribution in [3.05, 3.63) is 23.8 Å². The molecule has 1 aromatic rings. The van der Waals surface area contributed by atoms with Gasteiger partial charge in [-0.1, -0.05) is 13.8 Å². The van der Waals surface area contributed by atoms with Crippen molar-refractivity contribution in [2.75, 3.05) is 32.0 Å². The van der Waals surface area contributed by atoms with Crippen LogP contribution in [-0.2, 0) is 4.74 Å². The van der Waals surface area contributed by atoms with E-state index in [4.69, 9.17) is 15.6 Å². The summed E-state index contributed by atoms with van der Waals surface area (Å²) in [5.41, 5.74) is 6.03. The third kappa shape index (κ3) is 6.74. The highest BCUT2D eigenvalue weighted by Gasteiger charge is 2.15. The van der Waals surface area contributed by atoms with E-state index in [-0.39, 0.29) is 36.6 Å². The lowest BCUT2D eigenvalue weighted by molar-refractivity contribution is 0.0459. The van der Waals surface area contributed by atoms with Crippen molar-refractivity contribution in [2.24, 2.45) is 0 Å². The number of carbonyl (C=O) groups excluding carboxylic acids is 1. The Balaban J connectivity index is 2.36. The first-order valence-electron chi connectivity index (χ1n) is 8.35. The number of nitrogens with one attached hydrogen (secondary N) is 2. The van der Waals surface area contributed by atoms with Gasteiger partial charge in [0.2, 0.25) is 0 Å². The largest absolute Gasteiger partial charge is 0.507 e. The molecule has 0 fully saturated rings. The van der Waals surface area contributed by atoms with E-state index in [0.717, 1.165) is 19.4 Å². The van der Waals surface area contributed by atoms with E-state index in [1.807, 2.05) is 13.8 Å². The molecule has 0 bridgehead atoms. The van der Waals surface area contributed by atoms with Crippen LogP contribution >= 0.6 is 0 Å². The number of aliphatic hydroxyl groups is 1. The molecule has 0 radical (unpaired) electrons. The van der Waals surface area contributed by atoms with Crippen LogP contribution in [0.15, 0.2) is 18.2 Å². The quantitative estimate of drug-likeness (QED) is 0.231. The molecule has 0 saturated carbocycles. The van der Waals surface area contributed by atoms with Crippen LogP contribution in [0.4, 0.5) is 5.69 Å². The average molecular weight is 339 g/mol. The Bertz CT molecular complexity index is 507. The van der Waals surface area contributed by atoms with Crippen LogP contribution in [0.25, 0.3) is 0 Å². The summed E-state index contributed by atoms with van der Waals surface area (Å²) in [5.74, 6) is -0.753. The number of hydrogen-bond donors (Lipinski definition) is 5. The van der Waals surface area contributed by atoms with E-state index in [2.05, 4.69) is 10.6 Å². The molecule has 6 N–H and O–H groups in total. The lowest BCUT2D eigenvalue weighted by Crippen LogP contribution is -2.41. The number of carbonyl (C=O) groups is 1. The number of aromatic hydroxyl groups is 1. The summed E-state index contributed by atoms with van der Waals surface area (Å²) in [7, 11) is 0. The number of hydrogen-bond acceptors (Lipinski definition) is 7. The molecular formula is C17H29N3O4. The van der Waals surface area contributed by atoms with E-state index in [1.165, 1.54) is 12.1 Å². The SMILES string of the molecule is CC[C@@H](CO)NCCN[C@@H](CC)COC(=O)c1ccc(N)cc1O. The molecule has 0 spiro atoms. The van der Waals surface area contributed by atoms with Crippen LogP contribution < -0.4 is 16.4 Å². The summed E-state index contributed by atoms with van der Waals surface area (Å²) in [4.78, 5) is 12.0. The first kappa shape index (κ1) is 20.2. The maximum absolute atomic E-state index is 12.0. The van der Waals surface area contributed by atoms with E-state index < -0.39 is 5.97 Å². The Morgan fingerprint density at radius 1 is 1.21 bits per heavy atom. The lowest BCUT2D eigenvalue weighted by Gasteiger charge is -2.19. The molecule has 24 heavy (non-hydrogen) atoms. The predicted octanol–water partition coefficient (Wildman–Crippen LogP) is 0.860. The van der Waals surface area contributed by atoms with Gasteiger partial charge in [-0.25, -0.2) is 4.79 Å². The summed E-state index contributed by atoms with van der Waals surface area (Å²) in [6.07, 6.45) is 1.68. The lowest BCUT2D eigenvalue weighted by atomic mass is 10.2. The zero-order chi connectivity index (χ0) is 17.9. The minimum atomic E-state index is -0.572. The summed E-state index contributed by atoms with van der Waals surface area (Å²) < 4.78 is 5.26. The smallest absolute Gasteiger partial charge is 0.341 e. The van der Waals surface area contributed by atoms with Crippen molar-refractivity contribution in [3.8, 4) is 5.75 Å². The third-order valence-corrected chi connectivity index (χ3v) is 3.85. The van der Waals surface area contributed by atoms with Gasteiger partial charge >= 0.3 is 5.97 Å². The van der Waals surface area contributed by atoms with Crippen molar-refractivity contribution in [1.82, 2.24) is 10.6 Å². The molecular weight excluding hydrogens is 310 g/mol. The van der Waals surface area contributed by atoms with Crippen LogP contribution in [0.1, 0.15) is 37.0 Å². The van der Waals surface area contributed by atoms with Crippen molar-refractivity contribution in [3.63, 3.8) is 0 Å². The highest BCUT2D eigenvalue weighted by atomic mass is 16.5. The van der Waals surface area contributed by atoms with Crippen molar-refractivity contribution < 1.29 is 19.7 Å². The Kier molecular flexibility index (Phi) is 9.14. The molecule has 0 aliphatic rings. The van der Waals surface area contributed by atoms with Gasteiger partial charge in [0.05, 0.1) is 6.61 Å². The number of nitrogen functional groups attached to an aromatic ring is 1. The van der Waals surface area contributed by atoms with Crippen LogP contribution in [0, 0.1) is 0 Å². The summed E-state index contributed by atoms with van der Waals surface area (Å²) in [6, 6.07) is 4.45. The highest BCUT2D eigenvalue weighted by Crippen LogP contribution is 2.20. The number of anilines is 1. The molecule has 0 aliphatic heterocycles. The number of aliphatic hydroxyl groups excluding tert-OH is 1. The third-order valence-electron chi connectivity index (χ3n) is 3.85. The molecule has 1 aromatic carbocycles. The fourth-order valence-corrected chi connectivity index (χ4v) is 2.19. The molecule has 0 amide bonds. The Morgan fingerprint density at radius 3 is 2.38 bits per heavy atom. The summed E-state index contributed by atoms with van der Waals surface area (Å²) >= 11 is 0. The molecule has 2 atom stereocenters. The fraction of sp³-hybridized carbons (Fsp3) is 0.588. The monoisotopic (exact) mass is 339 g/mol. The molecule has 7 heteroatoms. The van der Waals surface area contributed by atoms with E-state index in [0.29, 0.717) is 12.2 Å². The molecule has 0 unspecified atom stereocenters. The van der Waals surface area contributed by atoms with Gasteiger partial charge in [-0.2, -0.15) is 0 Å².